The van der Waals surface area contributed by atoms with Crippen molar-refractivity contribution < 1.29 is 4.74 Å². The quantitative estimate of drug-likeness (QED) is 0.706. The lowest BCUT2D eigenvalue weighted by Crippen LogP contribution is -1.99. The molecule has 0 bridgehead atoms. The van der Waals surface area contributed by atoms with Crippen molar-refractivity contribution in [2.24, 2.45) is 0 Å². The Balaban J connectivity index is 2.21. The molecule has 1 aliphatic rings. The second-order valence-electron chi connectivity index (χ2n) is 4.50. The zero-order chi connectivity index (χ0) is 10.1. The van der Waals surface area contributed by atoms with Crippen LogP contribution in [0.15, 0.2) is 18.2 Å². The highest BCUT2D eigenvalue weighted by molar-refractivity contribution is 5.38. The molecule has 1 saturated carbocycles. The molecule has 0 aliphatic heterocycles. The maximum Gasteiger partial charge on any atom is 0.122 e. The largest absolute Gasteiger partial charge is 0.490 e. The zero-order valence-electron chi connectivity index (χ0n) is 9.21. The first-order chi connectivity index (χ1) is 6.66. The van der Waals surface area contributed by atoms with E-state index in [0.717, 1.165) is 5.75 Å². The Bertz CT molecular complexity index is 324. The van der Waals surface area contributed by atoms with E-state index in [1.807, 2.05) is 0 Å². The number of aryl methyl sites for hydroxylation is 1. The standard InChI is InChI=1S/C13H18O/c1-9(2)11-5-4-10(3)13(8-11)14-12-6-7-12/h4-5,8-9,12H,6-7H2,1-3H3. The fourth-order valence-corrected chi connectivity index (χ4v) is 1.47. The van der Waals surface area contributed by atoms with Gasteiger partial charge in [0.15, 0.2) is 0 Å². The summed E-state index contributed by atoms with van der Waals surface area (Å²) in [5.74, 6) is 1.66. The molecule has 0 amide bonds. The van der Waals surface area contributed by atoms with Crippen molar-refractivity contribution >= 4 is 0 Å². The van der Waals surface area contributed by atoms with Gasteiger partial charge in [0.25, 0.3) is 0 Å². The minimum Gasteiger partial charge on any atom is -0.490 e. The number of rotatable bonds is 3. The molecule has 2 rings (SSSR count). The summed E-state index contributed by atoms with van der Waals surface area (Å²) in [5, 5.41) is 0. The highest BCUT2D eigenvalue weighted by Gasteiger charge is 2.24. The van der Waals surface area contributed by atoms with Crippen molar-refractivity contribution in [2.45, 2.75) is 45.6 Å². The maximum absolute atomic E-state index is 5.85. The molecular formula is C13H18O. The second kappa shape index (κ2) is 3.64. The third kappa shape index (κ3) is 2.09. The molecule has 1 aromatic rings. The lowest BCUT2D eigenvalue weighted by atomic mass is 10.0. The van der Waals surface area contributed by atoms with Crippen molar-refractivity contribution in [3.05, 3.63) is 29.3 Å². The summed E-state index contributed by atoms with van der Waals surface area (Å²) in [4.78, 5) is 0. The first-order valence-corrected chi connectivity index (χ1v) is 5.44. The molecule has 0 heterocycles. The van der Waals surface area contributed by atoms with E-state index < -0.39 is 0 Å². The van der Waals surface area contributed by atoms with Gasteiger partial charge in [-0.15, -0.1) is 0 Å². The van der Waals surface area contributed by atoms with Crippen LogP contribution in [-0.2, 0) is 0 Å². The van der Waals surface area contributed by atoms with Crippen molar-refractivity contribution in [2.75, 3.05) is 0 Å². The summed E-state index contributed by atoms with van der Waals surface area (Å²) in [6.07, 6.45) is 2.95. The van der Waals surface area contributed by atoms with Crippen LogP contribution in [0.5, 0.6) is 5.75 Å². The van der Waals surface area contributed by atoms with Gasteiger partial charge in [0, 0.05) is 0 Å². The lowest BCUT2D eigenvalue weighted by molar-refractivity contribution is 0.300. The van der Waals surface area contributed by atoms with E-state index in [2.05, 4.69) is 39.0 Å². The topological polar surface area (TPSA) is 9.23 Å². The molecule has 0 aromatic heterocycles. The van der Waals surface area contributed by atoms with Gasteiger partial charge in [-0.3, -0.25) is 0 Å². The Kier molecular flexibility index (Phi) is 2.49. The molecule has 1 aliphatic carbocycles. The number of ether oxygens (including phenoxy) is 1. The fourth-order valence-electron chi connectivity index (χ4n) is 1.47. The summed E-state index contributed by atoms with van der Waals surface area (Å²) in [7, 11) is 0. The van der Waals surface area contributed by atoms with Gasteiger partial charge in [0.2, 0.25) is 0 Å². The van der Waals surface area contributed by atoms with Crippen LogP contribution in [0, 0.1) is 6.92 Å². The normalized spacial score (nSPS) is 16.0. The minimum atomic E-state index is 0.496. The van der Waals surface area contributed by atoms with Crippen LogP contribution in [0.3, 0.4) is 0 Å². The summed E-state index contributed by atoms with van der Waals surface area (Å²) in [6, 6.07) is 6.55. The SMILES string of the molecule is Cc1ccc(C(C)C)cc1OC1CC1. The van der Waals surface area contributed by atoms with E-state index in [4.69, 9.17) is 4.74 Å². The average molecular weight is 190 g/mol. The third-order valence-corrected chi connectivity index (χ3v) is 2.70. The molecular weight excluding hydrogens is 172 g/mol. The van der Waals surface area contributed by atoms with E-state index in [-0.39, 0.29) is 0 Å². The smallest absolute Gasteiger partial charge is 0.122 e. The highest BCUT2D eigenvalue weighted by atomic mass is 16.5. The minimum absolute atomic E-state index is 0.496. The molecule has 0 atom stereocenters. The summed E-state index contributed by atoms with van der Waals surface area (Å²) < 4.78 is 5.85. The highest BCUT2D eigenvalue weighted by Crippen LogP contribution is 2.30. The van der Waals surface area contributed by atoms with Crippen LogP contribution in [0.2, 0.25) is 0 Å². The Morgan fingerprint density at radius 2 is 2.00 bits per heavy atom. The molecule has 1 heteroatoms. The van der Waals surface area contributed by atoms with Crippen LogP contribution in [0.4, 0.5) is 0 Å². The van der Waals surface area contributed by atoms with E-state index >= 15 is 0 Å². The van der Waals surface area contributed by atoms with Gasteiger partial charge in [-0.25, -0.2) is 0 Å². The zero-order valence-corrected chi connectivity index (χ0v) is 9.21. The molecule has 0 radical (unpaired) electrons. The van der Waals surface area contributed by atoms with Gasteiger partial charge >= 0.3 is 0 Å². The van der Waals surface area contributed by atoms with Gasteiger partial charge < -0.3 is 4.74 Å². The molecule has 76 valence electrons. The van der Waals surface area contributed by atoms with E-state index in [9.17, 15) is 0 Å². The average Bonchev–Trinajstić information content (AvgIpc) is 2.92. The summed E-state index contributed by atoms with van der Waals surface area (Å²) >= 11 is 0. The van der Waals surface area contributed by atoms with E-state index in [0.29, 0.717) is 12.0 Å². The number of hydrogen-bond acceptors (Lipinski definition) is 1. The van der Waals surface area contributed by atoms with Crippen LogP contribution >= 0.6 is 0 Å². The predicted molar refractivity (Wildman–Crippen MR) is 58.9 cm³/mol. The Morgan fingerprint density at radius 3 is 2.57 bits per heavy atom. The summed E-state index contributed by atoms with van der Waals surface area (Å²) in [6.45, 7) is 6.54. The summed E-state index contributed by atoms with van der Waals surface area (Å²) in [5.41, 5.74) is 2.62. The first-order valence-electron chi connectivity index (χ1n) is 5.44. The van der Waals surface area contributed by atoms with E-state index in [1.54, 1.807) is 0 Å². The van der Waals surface area contributed by atoms with Gasteiger partial charge in [0.1, 0.15) is 5.75 Å². The third-order valence-electron chi connectivity index (χ3n) is 2.70. The monoisotopic (exact) mass is 190 g/mol. The molecule has 1 aromatic carbocycles. The van der Waals surface area contributed by atoms with Crippen molar-refractivity contribution in [1.82, 2.24) is 0 Å². The van der Waals surface area contributed by atoms with Gasteiger partial charge in [-0.1, -0.05) is 26.0 Å². The lowest BCUT2D eigenvalue weighted by Gasteiger charge is -2.12. The van der Waals surface area contributed by atoms with Crippen LogP contribution in [-0.4, -0.2) is 6.10 Å². The van der Waals surface area contributed by atoms with Gasteiger partial charge in [0.05, 0.1) is 6.10 Å². The first kappa shape index (κ1) is 9.57. The molecule has 0 unspecified atom stereocenters. The Labute approximate surface area is 86.1 Å². The molecule has 14 heavy (non-hydrogen) atoms. The number of benzene rings is 1. The molecule has 1 fully saturated rings. The molecule has 0 saturated heterocycles. The van der Waals surface area contributed by atoms with Crippen molar-refractivity contribution in [1.29, 1.82) is 0 Å². The fraction of sp³-hybridized carbons (Fsp3) is 0.538. The Morgan fingerprint density at radius 1 is 1.29 bits per heavy atom. The predicted octanol–water partition coefficient (Wildman–Crippen LogP) is 3.66. The molecule has 0 N–H and O–H groups in total. The molecule has 0 spiro atoms. The Hall–Kier alpha value is -0.980. The van der Waals surface area contributed by atoms with Crippen LogP contribution in [0.1, 0.15) is 43.7 Å². The van der Waals surface area contributed by atoms with E-state index in [1.165, 1.54) is 24.0 Å². The van der Waals surface area contributed by atoms with Crippen LogP contribution < -0.4 is 4.74 Å². The molecule has 1 nitrogen and oxygen atoms in total. The van der Waals surface area contributed by atoms with Gasteiger partial charge in [-0.05, 0) is 42.9 Å². The van der Waals surface area contributed by atoms with Crippen LogP contribution in [0.25, 0.3) is 0 Å². The number of hydrogen-bond donors (Lipinski definition) is 0. The van der Waals surface area contributed by atoms with Crippen molar-refractivity contribution in [3.63, 3.8) is 0 Å². The maximum atomic E-state index is 5.85. The van der Waals surface area contributed by atoms with Gasteiger partial charge in [-0.2, -0.15) is 0 Å². The van der Waals surface area contributed by atoms with Crippen molar-refractivity contribution in [3.8, 4) is 5.75 Å². The second-order valence-corrected chi connectivity index (χ2v) is 4.50.